The molecule has 10 nitrogen and oxygen atoms in total. The summed E-state index contributed by atoms with van der Waals surface area (Å²) in [7, 11) is -4.02. The van der Waals surface area contributed by atoms with Gasteiger partial charge in [0.05, 0.1) is 4.90 Å². The lowest BCUT2D eigenvalue weighted by Crippen LogP contribution is -2.65. The molecule has 2 unspecified atom stereocenters. The van der Waals surface area contributed by atoms with Crippen molar-refractivity contribution in [2.24, 2.45) is 0 Å². The SMILES string of the molecule is O=C1NCCCC1NC(=O)C1CN(S(=O)(=O)c2ccc(F)cc2)CCN1C(=O)NC1CCCCC1. The molecule has 3 aliphatic rings. The number of hydrogen-bond acceptors (Lipinski definition) is 5. The van der Waals surface area contributed by atoms with Crippen LogP contribution in [-0.2, 0) is 19.6 Å². The minimum atomic E-state index is -4.02. The minimum Gasteiger partial charge on any atom is -0.354 e. The Morgan fingerprint density at radius 2 is 1.69 bits per heavy atom. The standard InChI is InChI=1S/C23H32FN5O5S/c24-16-8-10-18(11-9-16)35(33,34)28-13-14-29(23(32)26-17-5-2-1-3-6-17)20(15-28)22(31)27-19-7-4-12-25-21(19)30/h8-11,17,19-20H,1-7,12-15H2,(H,25,30)(H,26,32)(H,27,31). The molecule has 2 saturated heterocycles. The van der Waals surface area contributed by atoms with Crippen LogP contribution in [0.5, 0.6) is 0 Å². The van der Waals surface area contributed by atoms with Crippen molar-refractivity contribution >= 4 is 27.9 Å². The number of nitrogens with one attached hydrogen (secondary N) is 3. The number of urea groups is 1. The highest BCUT2D eigenvalue weighted by Gasteiger charge is 2.41. The van der Waals surface area contributed by atoms with Gasteiger partial charge in [-0.25, -0.2) is 17.6 Å². The lowest BCUT2D eigenvalue weighted by atomic mass is 9.96. The van der Waals surface area contributed by atoms with Crippen LogP contribution in [0.15, 0.2) is 29.2 Å². The molecule has 2 heterocycles. The van der Waals surface area contributed by atoms with E-state index in [1.165, 1.54) is 17.0 Å². The van der Waals surface area contributed by atoms with Gasteiger partial charge in [-0.05, 0) is 49.9 Å². The Kier molecular flexibility index (Phi) is 7.90. The maximum Gasteiger partial charge on any atom is 0.318 e. The summed E-state index contributed by atoms with van der Waals surface area (Å²) in [5.74, 6) is -1.43. The molecule has 1 aromatic rings. The lowest BCUT2D eigenvalue weighted by Gasteiger charge is -2.41. The molecule has 1 aliphatic carbocycles. The van der Waals surface area contributed by atoms with E-state index < -0.39 is 39.9 Å². The number of carbonyl (C=O) groups excluding carboxylic acids is 3. The summed E-state index contributed by atoms with van der Waals surface area (Å²) >= 11 is 0. The Morgan fingerprint density at radius 1 is 0.971 bits per heavy atom. The molecule has 4 rings (SSSR count). The highest BCUT2D eigenvalue weighted by atomic mass is 32.2. The number of amides is 4. The summed E-state index contributed by atoms with van der Waals surface area (Å²) in [6.07, 6.45) is 6.08. The zero-order valence-electron chi connectivity index (χ0n) is 19.5. The Morgan fingerprint density at radius 3 is 2.37 bits per heavy atom. The van der Waals surface area contributed by atoms with Crippen molar-refractivity contribution in [1.29, 1.82) is 0 Å². The third kappa shape index (κ3) is 5.92. The summed E-state index contributed by atoms with van der Waals surface area (Å²) in [6, 6.07) is 2.23. The maximum atomic E-state index is 13.3. The number of sulfonamides is 1. The molecule has 0 aromatic heterocycles. The zero-order valence-corrected chi connectivity index (χ0v) is 20.4. The fourth-order valence-corrected chi connectivity index (χ4v) is 6.32. The number of rotatable bonds is 5. The second kappa shape index (κ2) is 10.9. The van der Waals surface area contributed by atoms with Gasteiger partial charge in [0.1, 0.15) is 17.9 Å². The Labute approximate surface area is 204 Å². The molecule has 0 spiro atoms. The first-order valence-electron chi connectivity index (χ1n) is 12.2. The molecule has 1 aromatic carbocycles. The van der Waals surface area contributed by atoms with Crippen LogP contribution in [-0.4, -0.2) is 79.8 Å². The lowest BCUT2D eigenvalue weighted by molar-refractivity contribution is -0.133. The number of halogens is 1. The van der Waals surface area contributed by atoms with Gasteiger partial charge in [0.15, 0.2) is 0 Å². The molecule has 2 aliphatic heterocycles. The first-order chi connectivity index (χ1) is 16.8. The third-order valence-electron chi connectivity index (χ3n) is 6.89. The molecule has 3 N–H and O–H groups in total. The van der Waals surface area contributed by atoms with Gasteiger partial charge >= 0.3 is 6.03 Å². The van der Waals surface area contributed by atoms with Crippen molar-refractivity contribution in [2.45, 2.75) is 68.0 Å². The van der Waals surface area contributed by atoms with E-state index in [1.54, 1.807) is 0 Å². The van der Waals surface area contributed by atoms with E-state index in [0.29, 0.717) is 19.4 Å². The molecule has 4 amide bonds. The van der Waals surface area contributed by atoms with E-state index in [-0.39, 0.29) is 36.5 Å². The highest BCUT2D eigenvalue weighted by Crippen LogP contribution is 2.22. The van der Waals surface area contributed by atoms with Crippen LogP contribution < -0.4 is 16.0 Å². The molecule has 192 valence electrons. The van der Waals surface area contributed by atoms with Crippen LogP contribution in [0.25, 0.3) is 0 Å². The second-order valence-electron chi connectivity index (χ2n) is 9.31. The second-order valence-corrected chi connectivity index (χ2v) is 11.2. The van der Waals surface area contributed by atoms with Crippen LogP contribution in [0.4, 0.5) is 9.18 Å². The van der Waals surface area contributed by atoms with Crippen LogP contribution in [0.3, 0.4) is 0 Å². The number of piperidine rings is 1. The quantitative estimate of drug-likeness (QED) is 0.544. The molecular formula is C23H32FN5O5S. The van der Waals surface area contributed by atoms with Gasteiger partial charge in [-0.3, -0.25) is 9.59 Å². The number of hydrogen-bond donors (Lipinski definition) is 3. The number of nitrogens with zero attached hydrogens (tertiary/aromatic N) is 2. The van der Waals surface area contributed by atoms with Gasteiger partial charge < -0.3 is 20.9 Å². The van der Waals surface area contributed by atoms with Crippen LogP contribution >= 0.6 is 0 Å². The van der Waals surface area contributed by atoms with Crippen molar-refractivity contribution in [2.75, 3.05) is 26.2 Å². The van der Waals surface area contributed by atoms with Crippen LogP contribution in [0.1, 0.15) is 44.9 Å². The summed E-state index contributed by atoms with van der Waals surface area (Å²) < 4.78 is 40.8. The summed E-state index contributed by atoms with van der Waals surface area (Å²) in [4.78, 5) is 39.9. The van der Waals surface area contributed by atoms with E-state index in [1.807, 2.05) is 0 Å². The van der Waals surface area contributed by atoms with Crippen molar-refractivity contribution in [1.82, 2.24) is 25.2 Å². The average molecular weight is 510 g/mol. The molecule has 12 heteroatoms. The zero-order chi connectivity index (χ0) is 25.0. The van der Waals surface area contributed by atoms with Gasteiger partial charge in [-0.2, -0.15) is 4.31 Å². The molecular weight excluding hydrogens is 477 g/mol. The van der Waals surface area contributed by atoms with Crippen molar-refractivity contribution in [3.05, 3.63) is 30.1 Å². The van der Waals surface area contributed by atoms with Gasteiger partial charge in [0.2, 0.25) is 21.8 Å². The number of piperazine rings is 1. The molecule has 0 bridgehead atoms. The number of benzene rings is 1. The van der Waals surface area contributed by atoms with Gasteiger partial charge in [-0.15, -0.1) is 0 Å². The van der Waals surface area contributed by atoms with Gasteiger partial charge in [0, 0.05) is 32.2 Å². The smallest absolute Gasteiger partial charge is 0.318 e. The van der Waals surface area contributed by atoms with Gasteiger partial charge in [-0.1, -0.05) is 19.3 Å². The predicted molar refractivity (Wildman–Crippen MR) is 125 cm³/mol. The van der Waals surface area contributed by atoms with E-state index >= 15 is 0 Å². The molecule has 2 atom stereocenters. The Balaban J connectivity index is 1.53. The largest absolute Gasteiger partial charge is 0.354 e. The highest BCUT2D eigenvalue weighted by molar-refractivity contribution is 7.89. The molecule has 35 heavy (non-hydrogen) atoms. The first kappa shape index (κ1) is 25.4. The molecule has 3 fully saturated rings. The van der Waals surface area contributed by atoms with E-state index in [9.17, 15) is 27.2 Å². The van der Waals surface area contributed by atoms with Crippen molar-refractivity contribution < 1.29 is 27.2 Å². The minimum absolute atomic E-state index is 0.00786. The first-order valence-corrected chi connectivity index (χ1v) is 13.6. The topological polar surface area (TPSA) is 128 Å². The van der Waals surface area contributed by atoms with Crippen LogP contribution in [0.2, 0.25) is 0 Å². The Bertz CT molecular complexity index is 1040. The Hall–Kier alpha value is -2.73. The van der Waals surface area contributed by atoms with E-state index in [2.05, 4.69) is 16.0 Å². The van der Waals surface area contributed by atoms with Crippen molar-refractivity contribution in [3.63, 3.8) is 0 Å². The monoisotopic (exact) mass is 509 g/mol. The van der Waals surface area contributed by atoms with Crippen LogP contribution in [0, 0.1) is 5.82 Å². The van der Waals surface area contributed by atoms with Gasteiger partial charge in [0.25, 0.3) is 0 Å². The van der Waals surface area contributed by atoms with E-state index in [4.69, 9.17) is 0 Å². The van der Waals surface area contributed by atoms with E-state index in [0.717, 1.165) is 48.5 Å². The summed E-state index contributed by atoms with van der Waals surface area (Å²) in [5, 5.41) is 8.40. The number of carbonyl (C=O) groups is 3. The molecule has 0 radical (unpaired) electrons. The third-order valence-corrected chi connectivity index (χ3v) is 8.77. The fraction of sp³-hybridized carbons (Fsp3) is 0.609. The summed E-state index contributed by atoms with van der Waals surface area (Å²) in [6.45, 7) is 0.269. The predicted octanol–water partition coefficient (Wildman–Crippen LogP) is 0.938. The fourth-order valence-electron chi connectivity index (χ4n) is 4.88. The van der Waals surface area contributed by atoms with Crippen molar-refractivity contribution in [3.8, 4) is 0 Å². The summed E-state index contributed by atoms with van der Waals surface area (Å²) in [5.41, 5.74) is 0. The molecule has 1 saturated carbocycles. The normalized spacial score (nSPS) is 24.5. The maximum absolute atomic E-state index is 13.3. The average Bonchev–Trinajstić information content (AvgIpc) is 2.86.